The highest BCUT2D eigenvalue weighted by Gasteiger charge is 2.30. The number of aryl methyl sites for hydroxylation is 1. The number of carbonyl (C=O) groups excluding carboxylic acids is 2. The molecule has 24 heavy (non-hydrogen) atoms. The summed E-state index contributed by atoms with van der Waals surface area (Å²) in [6, 6.07) is 1.72. The van der Waals surface area contributed by atoms with E-state index in [-0.39, 0.29) is 11.9 Å². The first-order valence-electron chi connectivity index (χ1n) is 8.15. The van der Waals surface area contributed by atoms with E-state index in [1.54, 1.807) is 19.9 Å². The van der Waals surface area contributed by atoms with Crippen molar-refractivity contribution in [3.05, 3.63) is 23.0 Å². The Kier molecular flexibility index (Phi) is 4.26. The van der Waals surface area contributed by atoms with Gasteiger partial charge in [0.25, 0.3) is 11.6 Å². The number of hydrogen-bond donors (Lipinski definition) is 1. The molecular weight excluding hydrogens is 310 g/mol. The Balaban J connectivity index is 1.88. The van der Waals surface area contributed by atoms with Crippen molar-refractivity contribution in [2.45, 2.75) is 58.6 Å². The first kappa shape index (κ1) is 16.4. The van der Waals surface area contributed by atoms with E-state index >= 15 is 0 Å². The zero-order chi connectivity index (χ0) is 17.4. The normalized spacial score (nSPS) is 15.5. The highest BCUT2D eigenvalue weighted by atomic mass is 16.5. The van der Waals surface area contributed by atoms with E-state index in [1.165, 1.54) is 0 Å². The number of hydrogen-bond acceptors (Lipinski definition) is 6. The third-order valence-electron chi connectivity index (χ3n) is 3.94. The number of rotatable bonds is 5. The van der Waals surface area contributed by atoms with Gasteiger partial charge in [-0.25, -0.2) is 9.78 Å². The fourth-order valence-corrected chi connectivity index (χ4v) is 2.54. The number of fused-ring (bicyclic) bond motifs is 1. The number of nitrogens with zero attached hydrogens (tertiary/aromatic N) is 2. The maximum Gasteiger partial charge on any atom is 0.339 e. The first-order chi connectivity index (χ1) is 11.4. The smallest absolute Gasteiger partial charge is 0.339 e. The lowest BCUT2D eigenvalue weighted by Gasteiger charge is -2.15. The van der Waals surface area contributed by atoms with E-state index < -0.39 is 12.1 Å². The van der Waals surface area contributed by atoms with Crippen LogP contribution in [0.5, 0.6) is 0 Å². The molecule has 1 saturated carbocycles. The number of esters is 1. The molecule has 1 amide bonds. The minimum Gasteiger partial charge on any atom is -0.449 e. The SMILES string of the molecule is Cc1noc2nc(C3CC3)cc(C(=O)OC(C)C(=O)NC(C)C)c12. The molecule has 2 aromatic heterocycles. The molecular formula is C17H21N3O4. The minimum absolute atomic E-state index is 0.0203. The zero-order valence-corrected chi connectivity index (χ0v) is 14.3. The van der Waals surface area contributed by atoms with Crippen LogP contribution in [0, 0.1) is 6.92 Å². The third kappa shape index (κ3) is 3.25. The highest BCUT2D eigenvalue weighted by Crippen LogP contribution is 2.40. The van der Waals surface area contributed by atoms with Gasteiger partial charge in [-0.3, -0.25) is 4.79 Å². The van der Waals surface area contributed by atoms with Gasteiger partial charge in [-0.15, -0.1) is 0 Å². The molecule has 1 fully saturated rings. The monoisotopic (exact) mass is 331 g/mol. The molecule has 1 atom stereocenters. The second-order valence-corrected chi connectivity index (χ2v) is 6.53. The van der Waals surface area contributed by atoms with Gasteiger partial charge in [0.15, 0.2) is 6.10 Å². The second-order valence-electron chi connectivity index (χ2n) is 6.53. The average Bonchev–Trinajstić information content (AvgIpc) is 3.30. The molecule has 0 saturated heterocycles. The molecule has 1 unspecified atom stereocenters. The Morgan fingerprint density at radius 3 is 2.67 bits per heavy atom. The van der Waals surface area contributed by atoms with Gasteiger partial charge < -0.3 is 14.6 Å². The standard InChI is InChI=1S/C17H21N3O4/c1-8(2)18-15(21)10(4)23-17(22)12-7-13(11-5-6-11)19-16-14(12)9(3)20-24-16/h7-8,10-11H,5-6H2,1-4H3,(H,18,21). The number of nitrogens with one attached hydrogen (secondary N) is 1. The van der Waals surface area contributed by atoms with Crippen LogP contribution in [0.4, 0.5) is 0 Å². The summed E-state index contributed by atoms with van der Waals surface area (Å²) in [5, 5.41) is 7.15. The van der Waals surface area contributed by atoms with Gasteiger partial charge in [0.1, 0.15) is 0 Å². The van der Waals surface area contributed by atoms with Gasteiger partial charge in [0.05, 0.1) is 16.6 Å². The van der Waals surface area contributed by atoms with Crippen LogP contribution in [0.2, 0.25) is 0 Å². The maximum absolute atomic E-state index is 12.6. The fraction of sp³-hybridized carbons (Fsp3) is 0.529. The molecule has 1 N–H and O–H groups in total. The molecule has 7 nitrogen and oxygen atoms in total. The molecule has 0 bridgehead atoms. The Morgan fingerprint density at radius 1 is 1.33 bits per heavy atom. The van der Waals surface area contributed by atoms with Gasteiger partial charge in [-0.05, 0) is 46.6 Å². The Hall–Kier alpha value is -2.44. The van der Waals surface area contributed by atoms with Crippen LogP contribution in [-0.2, 0) is 9.53 Å². The quantitative estimate of drug-likeness (QED) is 0.846. The lowest BCUT2D eigenvalue weighted by molar-refractivity contribution is -0.129. The predicted octanol–water partition coefficient (Wildman–Crippen LogP) is 2.48. The van der Waals surface area contributed by atoms with E-state index in [2.05, 4.69) is 15.5 Å². The van der Waals surface area contributed by atoms with E-state index in [1.807, 2.05) is 13.8 Å². The summed E-state index contributed by atoms with van der Waals surface area (Å²) in [7, 11) is 0. The summed E-state index contributed by atoms with van der Waals surface area (Å²) in [6.07, 6.45) is 1.22. The van der Waals surface area contributed by atoms with E-state index in [9.17, 15) is 9.59 Å². The van der Waals surface area contributed by atoms with Crippen molar-refractivity contribution >= 4 is 23.0 Å². The van der Waals surface area contributed by atoms with Gasteiger partial charge in [0.2, 0.25) is 0 Å². The molecule has 3 rings (SSSR count). The first-order valence-corrected chi connectivity index (χ1v) is 8.15. The molecule has 0 aliphatic heterocycles. The fourth-order valence-electron chi connectivity index (χ4n) is 2.54. The van der Waals surface area contributed by atoms with Crippen molar-refractivity contribution in [2.75, 3.05) is 0 Å². The summed E-state index contributed by atoms with van der Waals surface area (Å²) in [6.45, 7) is 6.99. The molecule has 128 valence electrons. The number of carbonyl (C=O) groups is 2. The van der Waals surface area contributed by atoms with Gasteiger partial charge in [0, 0.05) is 17.7 Å². The third-order valence-corrected chi connectivity index (χ3v) is 3.94. The lowest BCUT2D eigenvalue weighted by Crippen LogP contribution is -2.39. The van der Waals surface area contributed by atoms with E-state index in [0.29, 0.717) is 28.3 Å². The predicted molar refractivity (Wildman–Crippen MR) is 86.7 cm³/mol. The highest BCUT2D eigenvalue weighted by molar-refractivity contribution is 6.04. The van der Waals surface area contributed by atoms with Crippen molar-refractivity contribution in [3.63, 3.8) is 0 Å². The van der Waals surface area contributed by atoms with Gasteiger partial charge in [-0.2, -0.15) is 0 Å². The van der Waals surface area contributed by atoms with Crippen molar-refractivity contribution in [3.8, 4) is 0 Å². The largest absolute Gasteiger partial charge is 0.449 e. The van der Waals surface area contributed by atoms with Crippen LogP contribution in [0.1, 0.15) is 61.3 Å². The van der Waals surface area contributed by atoms with Crippen molar-refractivity contribution in [1.29, 1.82) is 0 Å². The Bertz CT molecular complexity index is 792. The second kappa shape index (κ2) is 6.22. The van der Waals surface area contributed by atoms with Crippen LogP contribution in [0.15, 0.2) is 10.6 Å². The maximum atomic E-state index is 12.6. The summed E-state index contributed by atoms with van der Waals surface area (Å²) in [4.78, 5) is 29.0. The van der Waals surface area contributed by atoms with Crippen molar-refractivity contribution in [2.24, 2.45) is 0 Å². The van der Waals surface area contributed by atoms with Crippen molar-refractivity contribution < 1.29 is 18.8 Å². The van der Waals surface area contributed by atoms with Crippen LogP contribution in [0.25, 0.3) is 11.1 Å². The van der Waals surface area contributed by atoms with Crippen LogP contribution >= 0.6 is 0 Å². The van der Waals surface area contributed by atoms with Crippen molar-refractivity contribution in [1.82, 2.24) is 15.5 Å². The molecule has 7 heteroatoms. The van der Waals surface area contributed by atoms with Gasteiger partial charge in [-0.1, -0.05) is 5.16 Å². The zero-order valence-electron chi connectivity index (χ0n) is 14.3. The summed E-state index contributed by atoms with van der Waals surface area (Å²) < 4.78 is 10.6. The number of ether oxygens (including phenoxy) is 1. The molecule has 1 aliphatic carbocycles. The molecule has 2 heterocycles. The summed E-state index contributed by atoms with van der Waals surface area (Å²) in [5.41, 5.74) is 2.07. The Morgan fingerprint density at radius 2 is 2.04 bits per heavy atom. The molecule has 0 aromatic carbocycles. The lowest BCUT2D eigenvalue weighted by atomic mass is 10.1. The topological polar surface area (TPSA) is 94.3 Å². The molecule has 2 aromatic rings. The molecule has 0 spiro atoms. The summed E-state index contributed by atoms with van der Waals surface area (Å²) >= 11 is 0. The van der Waals surface area contributed by atoms with Crippen LogP contribution in [0.3, 0.4) is 0 Å². The van der Waals surface area contributed by atoms with Crippen LogP contribution < -0.4 is 5.32 Å². The number of aromatic nitrogens is 2. The van der Waals surface area contributed by atoms with Gasteiger partial charge >= 0.3 is 5.97 Å². The number of pyridine rings is 1. The summed E-state index contributed by atoms with van der Waals surface area (Å²) in [5.74, 6) is -0.539. The van der Waals surface area contributed by atoms with E-state index in [0.717, 1.165) is 18.5 Å². The number of amides is 1. The molecule has 1 aliphatic rings. The Labute approximate surface area is 139 Å². The average molecular weight is 331 g/mol. The molecule has 0 radical (unpaired) electrons. The van der Waals surface area contributed by atoms with Crippen LogP contribution in [-0.4, -0.2) is 34.2 Å². The minimum atomic E-state index is -0.882. The van der Waals surface area contributed by atoms with E-state index in [4.69, 9.17) is 9.26 Å².